The van der Waals surface area contributed by atoms with Crippen molar-refractivity contribution in [2.45, 2.75) is 24.8 Å². The van der Waals surface area contributed by atoms with E-state index in [1.54, 1.807) is 23.5 Å². The van der Waals surface area contributed by atoms with Crippen LogP contribution in [0.3, 0.4) is 0 Å². The fraction of sp³-hybridized carbons (Fsp3) is 0.231. The van der Waals surface area contributed by atoms with Gasteiger partial charge in [-0.3, -0.25) is 0 Å². The summed E-state index contributed by atoms with van der Waals surface area (Å²) in [5, 5.41) is 0. The van der Waals surface area contributed by atoms with E-state index in [1.165, 1.54) is 6.07 Å². The van der Waals surface area contributed by atoms with E-state index >= 15 is 0 Å². The third-order valence-electron chi connectivity index (χ3n) is 2.78. The van der Waals surface area contributed by atoms with Gasteiger partial charge in [0.2, 0.25) is 10.0 Å². The molecule has 1 heterocycles. The molecule has 0 saturated heterocycles. The zero-order valence-corrected chi connectivity index (χ0v) is 14.3. The van der Waals surface area contributed by atoms with Crippen LogP contribution in [0.4, 0.5) is 5.69 Å². The van der Waals surface area contributed by atoms with E-state index in [0.717, 1.165) is 9.75 Å². The van der Waals surface area contributed by atoms with Gasteiger partial charge in [0.25, 0.3) is 0 Å². The van der Waals surface area contributed by atoms with Crippen LogP contribution >= 0.6 is 27.3 Å². The molecule has 2 aromatic rings. The van der Waals surface area contributed by atoms with Crippen LogP contribution < -0.4 is 10.5 Å². The van der Waals surface area contributed by atoms with Gasteiger partial charge in [0.1, 0.15) is 4.90 Å². The smallest absolute Gasteiger partial charge is 0.243 e. The van der Waals surface area contributed by atoms with Crippen molar-refractivity contribution in [1.82, 2.24) is 4.72 Å². The first-order valence-electron chi connectivity index (χ1n) is 5.93. The molecule has 0 spiro atoms. The van der Waals surface area contributed by atoms with Crippen LogP contribution in [0.1, 0.15) is 22.7 Å². The summed E-state index contributed by atoms with van der Waals surface area (Å²) in [6.45, 7) is 3.80. The number of sulfonamides is 1. The van der Waals surface area contributed by atoms with Crippen molar-refractivity contribution in [2.75, 3.05) is 5.73 Å². The lowest BCUT2D eigenvalue weighted by Gasteiger charge is -2.14. The molecule has 1 aromatic carbocycles. The topological polar surface area (TPSA) is 72.2 Å². The first kappa shape index (κ1) is 15.5. The third kappa shape index (κ3) is 3.41. The standard InChI is InChI=1S/C13H15BrN2O2S2/c1-8-3-6-12(19-8)9(2)16-20(17,18)13-7-10(14)4-5-11(13)15/h3-7,9,16H,15H2,1-2H3. The minimum atomic E-state index is -3.65. The Kier molecular flexibility index (Phi) is 4.53. The van der Waals surface area contributed by atoms with Gasteiger partial charge in [-0.05, 0) is 44.2 Å². The van der Waals surface area contributed by atoms with Gasteiger partial charge < -0.3 is 5.73 Å². The van der Waals surface area contributed by atoms with Crippen LogP contribution in [0.25, 0.3) is 0 Å². The molecular formula is C13H15BrN2O2S2. The van der Waals surface area contributed by atoms with Crippen molar-refractivity contribution in [2.24, 2.45) is 0 Å². The lowest BCUT2D eigenvalue weighted by Crippen LogP contribution is -2.27. The molecule has 7 heteroatoms. The molecule has 3 N–H and O–H groups in total. The van der Waals surface area contributed by atoms with Gasteiger partial charge in [-0.15, -0.1) is 11.3 Å². The molecule has 0 aliphatic rings. The summed E-state index contributed by atoms with van der Waals surface area (Å²) in [6.07, 6.45) is 0. The molecule has 2 rings (SSSR count). The molecule has 4 nitrogen and oxygen atoms in total. The summed E-state index contributed by atoms with van der Waals surface area (Å²) in [7, 11) is -3.65. The van der Waals surface area contributed by atoms with E-state index in [2.05, 4.69) is 20.7 Å². The molecule has 20 heavy (non-hydrogen) atoms. The number of anilines is 1. The maximum absolute atomic E-state index is 12.4. The highest BCUT2D eigenvalue weighted by molar-refractivity contribution is 9.10. The predicted molar refractivity (Wildman–Crippen MR) is 86.3 cm³/mol. The van der Waals surface area contributed by atoms with Crippen LogP contribution in [0.5, 0.6) is 0 Å². The maximum atomic E-state index is 12.4. The van der Waals surface area contributed by atoms with E-state index in [0.29, 0.717) is 4.47 Å². The number of nitrogens with two attached hydrogens (primary N) is 1. The summed E-state index contributed by atoms with van der Waals surface area (Å²) in [5.74, 6) is 0. The van der Waals surface area contributed by atoms with Gasteiger partial charge in [0.05, 0.1) is 11.7 Å². The fourth-order valence-corrected chi connectivity index (χ4v) is 4.63. The van der Waals surface area contributed by atoms with Crippen molar-refractivity contribution in [3.63, 3.8) is 0 Å². The van der Waals surface area contributed by atoms with E-state index in [4.69, 9.17) is 5.73 Å². The first-order valence-corrected chi connectivity index (χ1v) is 9.02. The summed E-state index contributed by atoms with van der Waals surface area (Å²) in [4.78, 5) is 2.21. The highest BCUT2D eigenvalue weighted by atomic mass is 79.9. The molecule has 0 bridgehead atoms. The van der Waals surface area contributed by atoms with Crippen LogP contribution in [0, 0.1) is 6.92 Å². The van der Waals surface area contributed by atoms with Gasteiger partial charge >= 0.3 is 0 Å². The average Bonchev–Trinajstić information content (AvgIpc) is 2.78. The summed E-state index contributed by atoms with van der Waals surface area (Å²) < 4.78 is 28.1. The van der Waals surface area contributed by atoms with E-state index in [9.17, 15) is 8.42 Å². The van der Waals surface area contributed by atoms with E-state index in [1.807, 2.05) is 26.0 Å². The molecule has 1 atom stereocenters. The van der Waals surface area contributed by atoms with Gasteiger partial charge in [-0.25, -0.2) is 13.1 Å². The lowest BCUT2D eigenvalue weighted by molar-refractivity contribution is 0.569. The Labute approximate surface area is 131 Å². The Hall–Kier alpha value is -0.890. The minimum Gasteiger partial charge on any atom is -0.398 e. The molecule has 1 unspecified atom stereocenters. The normalized spacial score (nSPS) is 13.3. The monoisotopic (exact) mass is 374 g/mol. The van der Waals surface area contributed by atoms with Crippen molar-refractivity contribution in [3.05, 3.63) is 44.6 Å². The highest BCUT2D eigenvalue weighted by Crippen LogP contribution is 2.27. The number of nitrogens with one attached hydrogen (secondary N) is 1. The largest absolute Gasteiger partial charge is 0.398 e. The van der Waals surface area contributed by atoms with Crippen molar-refractivity contribution < 1.29 is 8.42 Å². The second-order valence-electron chi connectivity index (χ2n) is 4.47. The summed E-state index contributed by atoms with van der Waals surface area (Å²) in [5.41, 5.74) is 5.99. The molecule has 1 aromatic heterocycles. The number of hydrogen-bond acceptors (Lipinski definition) is 4. The van der Waals surface area contributed by atoms with E-state index in [-0.39, 0.29) is 16.6 Å². The lowest BCUT2D eigenvalue weighted by atomic mass is 10.3. The molecule has 0 amide bonds. The molecule has 0 saturated carbocycles. The number of nitrogen functional groups attached to an aromatic ring is 1. The number of hydrogen-bond donors (Lipinski definition) is 2. The predicted octanol–water partition coefficient (Wildman–Crippen LogP) is 3.44. The molecule has 0 aliphatic heterocycles. The molecule has 0 fully saturated rings. The van der Waals surface area contributed by atoms with Crippen LogP contribution in [0.15, 0.2) is 39.7 Å². The van der Waals surface area contributed by atoms with Crippen LogP contribution in [-0.4, -0.2) is 8.42 Å². The Morgan fingerprint density at radius 3 is 2.60 bits per heavy atom. The highest BCUT2D eigenvalue weighted by Gasteiger charge is 2.21. The van der Waals surface area contributed by atoms with Gasteiger partial charge in [0.15, 0.2) is 0 Å². The molecule has 108 valence electrons. The van der Waals surface area contributed by atoms with Crippen LogP contribution in [-0.2, 0) is 10.0 Å². The average molecular weight is 375 g/mol. The van der Waals surface area contributed by atoms with Crippen molar-refractivity contribution >= 4 is 43.0 Å². The Morgan fingerprint density at radius 1 is 1.30 bits per heavy atom. The first-order chi connectivity index (χ1) is 9.29. The second kappa shape index (κ2) is 5.85. The van der Waals surface area contributed by atoms with Crippen LogP contribution in [0.2, 0.25) is 0 Å². The number of benzene rings is 1. The SMILES string of the molecule is Cc1ccc(C(C)NS(=O)(=O)c2cc(Br)ccc2N)s1. The summed E-state index contributed by atoms with van der Waals surface area (Å²) in [6, 6.07) is 8.38. The Bertz CT molecular complexity index is 726. The van der Waals surface area contributed by atoms with Gasteiger partial charge in [-0.2, -0.15) is 0 Å². The number of aryl methyl sites for hydroxylation is 1. The minimum absolute atomic E-state index is 0.0898. The number of halogens is 1. The second-order valence-corrected chi connectivity index (χ2v) is 8.39. The Balaban J connectivity index is 2.29. The third-order valence-corrected chi connectivity index (χ3v) is 6.06. The van der Waals surface area contributed by atoms with Gasteiger partial charge in [0, 0.05) is 14.2 Å². The molecular weight excluding hydrogens is 360 g/mol. The van der Waals surface area contributed by atoms with Crippen molar-refractivity contribution in [1.29, 1.82) is 0 Å². The zero-order valence-electron chi connectivity index (χ0n) is 11.1. The number of thiophene rings is 1. The molecule has 0 aliphatic carbocycles. The molecule has 0 radical (unpaired) electrons. The maximum Gasteiger partial charge on any atom is 0.243 e. The summed E-state index contributed by atoms with van der Waals surface area (Å²) >= 11 is 4.83. The quantitative estimate of drug-likeness (QED) is 0.805. The van der Waals surface area contributed by atoms with Crippen molar-refractivity contribution in [3.8, 4) is 0 Å². The number of rotatable bonds is 4. The fourth-order valence-electron chi connectivity index (χ4n) is 1.78. The Morgan fingerprint density at radius 2 is 2.00 bits per heavy atom. The zero-order chi connectivity index (χ0) is 14.9. The van der Waals surface area contributed by atoms with E-state index < -0.39 is 10.0 Å². The van der Waals surface area contributed by atoms with Gasteiger partial charge in [-0.1, -0.05) is 15.9 Å².